The smallest absolute Gasteiger partial charge is 0.247 e. The minimum atomic E-state index is -0.197. The van der Waals surface area contributed by atoms with Crippen molar-refractivity contribution in [2.75, 3.05) is 5.32 Å². The Morgan fingerprint density at radius 1 is 1.16 bits per heavy atom. The second-order valence-corrected chi connectivity index (χ2v) is 4.47. The number of nitrogens with zero attached hydrogens (tertiary/aromatic N) is 1. The van der Waals surface area contributed by atoms with Crippen molar-refractivity contribution in [3.05, 3.63) is 55.1 Å². The summed E-state index contributed by atoms with van der Waals surface area (Å²) in [6.07, 6.45) is 1.28. The molecule has 0 fully saturated rings. The van der Waals surface area contributed by atoms with Crippen LogP contribution in [-0.4, -0.2) is 10.5 Å². The lowest BCUT2D eigenvalue weighted by Crippen LogP contribution is -2.08. The van der Waals surface area contributed by atoms with E-state index in [9.17, 15) is 4.79 Å². The van der Waals surface area contributed by atoms with Gasteiger partial charge in [0, 0.05) is 23.3 Å². The quantitative estimate of drug-likeness (QED) is 0.694. The molecule has 2 aromatic carbocycles. The third-order valence-corrected chi connectivity index (χ3v) is 3.37. The third kappa shape index (κ3) is 1.71. The number of hydrogen-bond acceptors (Lipinski definition) is 1. The van der Waals surface area contributed by atoms with Crippen LogP contribution >= 0.6 is 0 Å². The Morgan fingerprint density at radius 2 is 1.89 bits per heavy atom. The summed E-state index contributed by atoms with van der Waals surface area (Å²) in [7, 11) is 2.01. The number of carbonyl (C=O) groups excluding carboxylic acids is 1. The van der Waals surface area contributed by atoms with Crippen molar-refractivity contribution in [2.45, 2.75) is 0 Å². The first-order valence-electron chi connectivity index (χ1n) is 6.12. The lowest BCUT2D eigenvalue weighted by atomic mass is 10.1. The number of amides is 1. The summed E-state index contributed by atoms with van der Waals surface area (Å²) in [6, 6.07) is 14.1. The van der Waals surface area contributed by atoms with Crippen molar-refractivity contribution >= 4 is 33.4 Å². The van der Waals surface area contributed by atoms with E-state index in [1.54, 1.807) is 0 Å². The van der Waals surface area contributed by atoms with Crippen molar-refractivity contribution in [2.24, 2.45) is 7.05 Å². The maximum absolute atomic E-state index is 11.5. The summed E-state index contributed by atoms with van der Waals surface area (Å²) >= 11 is 0. The van der Waals surface area contributed by atoms with Crippen molar-refractivity contribution < 1.29 is 4.79 Å². The SMILES string of the molecule is C=CC(=O)Nc1cccc2c3ccccc3n(C)c12. The van der Waals surface area contributed by atoms with E-state index in [0.717, 1.165) is 22.1 Å². The molecule has 1 amide bonds. The number of carbonyl (C=O) groups is 1. The van der Waals surface area contributed by atoms with E-state index < -0.39 is 0 Å². The Labute approximate surface area is 111 Å². The summed E-state index contributed by atoms with van der Waals surface area (Å²) < 4.78 is 2.10. The Bertz CT molecular complexity index is 799. The number of anilines is 1. The van der Waals surface area contributed by atoms with E-state index in [1.807, 2.05) is 31.3 Å². The first kappa shape index (κ1) is 11.5. The Morgan fingerprint density at radius 3 is 2.68 bits per heavy atom. The predicted molar refractivity (Wildman–Crippen MR) is 79.3 cm³/mol. The summed E-state index contributed by atoms with van der Waals surface area (Å²) in [5.74, 6) is -0.197. The maximum Gasteiger partial charge on any atom is 0.247 e. The van der Waals surface area contributed by atoms with Gasteiger partial charge in [-0.15, -0.1) is 0 Å². The van der Waals surface area contributed by atoms with Crippen LogP contribution in [0.4, 0.5) is 5.69 Å². The fraction of sp³-hybridized carbons (Fsp3) is 0.0625. The van der Waals surface area contributed by atoms with Crippen LogP contribution in [0.25, 0.3) is 21.8 Å². The van der Waals surface area contributed by atoms with Crippen LogP contribution in [0.2, 0.25) is 0 Å². The molecule has 94 valence electrons. The van der Waals surface area contributed by atoms with Gasteiger partial charge in [-0.25, -0.2) is 0 Å². The fourth-order valence-electron chi connectivity index (χ4n) is 2.52. The van der Waals surface area contributed by atoms with Crippen molar-refractivity contribution in [3.8, 4) is 0 Å². The number of nitrogens with one attached hydrogen (secondary N) is 1. The third-order valence-electron chi connectivity index (χ3n) is 3.37. The lowest BCUT2D eigenvalue weighted by molar-refractivity contribution is -0.111. The van der Waals surface area contributed by atoms with Crippen molar-refractivity contribution in [1.82, 2.24) is 4.57 Å². The summed E-state index contributed by atoms with van der Waals surface area (Å²) in [6.45, 7) is 3.48. The van der Waals surface area contributed by atoms with Gasteiger partial charge < -0.3 is 9.88 Å². The molecule has 1 heterocycles. The van der Waals surface area contributed by atoms with E-state index in [0.29, 0.717) is 0 Å². The van der Waals surface area contributed by atoms with Crippen molar-refractivity contribution in [1.29, 1.82) is 0 Å². The Balaban J connectivity index is 2.36. The van der Waals surface area contributed by atoms with Crippen LogP contribution in [0.15, 0.2) is 55.1 Å². The Hall–Kier alpha value is -2.55. The van der Waals surface area contributed by atoms with Gasteiger partial charge in [-0.05, 0) is 18.2 Å². The van der Waals surface area contributed by atoms with Gasteiger partial charge in [0.25, 0.3) is 0 Å². The Kier molecular flexibility index (Phi) is 2.60. The highest BCUT2D eigenvalue weighted by molar-refractivity contribution is 6.14. The lowest BCUT2D eigenvalue weighted by Gasteiger charge is -2.06. The molecule has 3 rings (SSSR count). The van der Waals surface area contributed by atoms with E-state index in [2.05, 4.69) is 34.7 Å². The minimum absolute atomic E-state index is 0.197. The second-order valence-electron chi connectivity index (χ2n) is 4.47. The molecule has 0 aliphatic heterocycles. The van der Waals surface area contributed by atoms with Gasteiger partial charge in [0.2, 0.25) is 5.91 Å². The molecule has 3 nitrogen and oxygen atoms in total. The van der Waals surface area contributed by atoms with Gasteiger partial charge in [0.15, 0.2) is 0 Å². The predicted octanol–water partition coefficient (Wildman–Crippen LogP) is 3.46. The van der Waals surface area contributed by atoms with Crippen molar-refractivity contribution in [3.63, 3.8) is 0 Å². The highest BCUT2D eigenvalue weighted by atomic mass is 16.1. The van der Waals surface area contributed by atoms with Crippen LogP contribution in [-0.2, 0) is 11.8 Å². The summed E-state index contributed by atoms with van der Waals surface area (Å²) in [5, 5.41) is 5.19. The zero-order valence-electron chi connectivity index (χ0n) is 10.7. The number of aromatic nitrogens is 1. The molecule has 1 N–H and O–H groups in total. The summed E-state index contributed by atoms with van der Waals surface area (Å²) in [5.41, 5.74) is 2.98. The van der Waals surface area contributed by atoms with Gasteiger partial charge in [-0.2, -0.15) is 0 Å². The molecule has 1 aromatic heterocycles. The monoisotopic (exact) mass is 250 g/mol. The van der Waals surface area contributed by atoms with Gasteiger partial charge >= 0.3 is 0 Å². The topological polar surface area (TPSA) is 34.0 Å². The molecular weight excluding hydrogens is 236 g/mol. The van der Waals surface area contributed by atoms with Crippen LogP contribution in [0, 0.1) is 0 Å². The van der Waals surface area contributed by atoms with Crippen LogP contribution in [0.5, 0.6) is 0 Å². The number of rotatable bonds is 2. The molecule has 19 heavy (non-hydrogen) atoms. The average molecular weight is 250 g/mol. The molecule has 0 aliphatic rings. The van der Waals surface area contributed by atoms with Gasteiger partial charge in [0.05, 0.1) is 11.2 Å². The molecule has 0 saturated heterocycles. The number of hydrogen-bond donors (Lipinski definition) is 1. The molecule has 0 unspecified atom stereocenters. The van der Waals surface area contributed by atoms with Crippen LogP contribution < -0.4 is 5.32 Å². The summed E-state index contributed by atoms with van der Waals surface area (Å²) in [4.78, 5) is 11.5. The molecular formula is C16H14N2O. The minimum Gasteiger partial charge on any atom is -0.342 e. The molecule has 0 spiro atoms. The van der Waals surface area contributed by atoms with Crippen LogP contribution in [0.3, 0.4) is 0 Å². The van der Waals surface area contributed by atoms with Gasteiger partial charge in [0.1, 0.15) is 0 Å². The van der Waals surface area contributed by atoms with E-state index in [-0.39, 0.29) is 5.91 Å². The zero-order valence-corrected chi connectivity index (χ0v) is 10.7. The van der Waals surface area contributed by atoms with E-state index in [1.165, 1.54) is 11.5 Å². The normalized spacial score (nSPS) is 10.8. The van der Waals surface area contributed by atoms with Crippen LogP contribution in [0.1, 0.15) is 0 Å². The van der Waals surface area contributed by atoms with Gasteiger partial charge in [-0.1, -0.05) is 36.9 Å². The van der Waals surface area contributed by atoms with E-state index >= 15 is 0 Å². The fourth-order valence-corrected chi connectivity index (χ4v) is 2.52. The highest BCUT2D eigenvalue weighted by Gasteiger charge is 2.11. The first-order valence-corrected chi connectivity index (χ1v) is 6.12. The number of fused-ring (bicyclic) bond motifs is 3. The zero-order chi connectivity index (χ0) is 13.4. The number of aryl methyl sites for hydroxylation is 1. The molecule has 0 atom stereocenters. The van der Waals surface area contributed by atoms with E-state index in [4.69, 9.17) is 0 Å². The molecule has 0 saturated carbocycles. The second kappa shape index (κ2) is 4.28. The molecule has 3 aromatic rings. The molecule has 3 heteroatoms. The molecule has 0 radical (unpaired) electrons. The highest BCUT2D eigenvalue weighted by Crippen LogP contribution is 2.32. The number of para-hydroxylation sites is 2. The average Bonchev–Trinajstić information content (AvgIpc) is 2.74. The van der Waals surface area contributed by atoms with Gasteiger partial charge in [-0.3, -0.25) is 4.79 Å². The standard InChI is InChI=1S/C16H14N2O/c1-3-15(19)17-13-9-6-8-12-11-7-4-5-10-14(11)18(2)16(12)13/h3-10H,1H2,2H3,(H,17,19). The maximum atomic E-state index is 11.5. The molecule has 0 bridgehead atoms. The first-order chi connectivity index (χ1) is 9.22. The largest absolute Gasteiger partial charge is 0.342 e. The number of benzene rings is 2. The molecule has 0 aliphatic carbocycles.